The van der Waals surface area contributed by atoms with Crippen LogP contribution in [0.4, 0.5) is 17.1 Å². The number of benzene rings is 8. The minimum absolute atomic E-state index is 0.122. The average molecular weight is 608 g/mol. The van der Waals surface area contributed by atoms with E-state index in [4.69, 9.17) is 5.48 Å². The molecule has 0 fully saturated rings. The highest BCUT2D eigenvalue weighted by molar-refractivity contribution is 5.89. The van der Waals surface area contributed by atoms with Gasteiger partial charge in [-0.3, -0.25) is 0 Å². The zero-order valence-electron chi connectivity index (χ0n) is 33.4. The zero-order chi connectivity index (χ0) is 38.4. The van der Waals surface area contributed by atoms with Gasteiger partial charge in [-0.05, 0) is 104 Å². The van der Waals surface area contributed by atoms with Crippen LogP contribution in [0.15, 0.2) is 200 Å². The standard InChI is InChI=1S/C46H33N/c1-3-11-34(12-4-1)37-23-27-44(28-24-37)47(46-20-10-19-42(33-46)43-22-21-36-15-7-8-16-39(36)32-43)45-29-25-38(26-30-45)41-18-9-17-40(31-41)35-13-5-2-6-14-35/h1-33H/i10D,19D,20D,23D,24D,27D,28D,33D. The van der Waals surface area contributed by atoms with E-state index in [1.807, 2.05) is 103 Å². The Morgan fingerprint density at radius 1 is 0.319 bits per heavy atom. The van der Waals surface area contributed by atoms with E-state index in [1.165, 1.54) is 4.90 Å². The summed E-state index contributed by atoms with van der Waals surface area (Å²) in [6, 6.07) is 44.8. The second-order valence-corrected chi connectivity index (χ2v) is 11.2. The average Bonchev–Trinajstić information content (AvgIpc) is 3.22. The van der Waals surface area contributed by atoms with Crippen LogP contribution in [0.25, 0.3) is 55.3 Å². The van der Waals surface area contributed by atoms with Crippen LogP contribution in [-0.4, -0.2) is 0 Å². The molecule has 0 bridgehead atoms. The van der Waals surface area contributed by atoms with Gasteiger partial charge in [0.25, 0.3) is 0 Å². The van der Waals surface area contributed by atoms with Gasteiger partial charge < -0.3 is 4.90 Å². The van der Waals surface area contributed by atoms with E-state index in [1.54, 1.807) is 42.5 Å². The van der Waals surface area contributed by atoms with Crippen molar-refractivity contribution in [1.82, 2.24) is 0 Å². The smallest absolute Gasteiger partial charge is 0.0651 e. The highest BCUT2D eigenvalue weighted by Crippen LogP contribution is 2.39. The Morgan fingerprint density at radius 2 is 0.872 bits per heavy atom. The topological polar surface area (TPSA) is 3.24 Å². The monoisotopic (exact) mass is 607 g/mol. The summed E-state index contributed by atoms with van der Waals surface area (Å²) in [5, 5.41) is 1.84. The summed E-state index contributed by atoms with van der Waals surface area (Å²) in [5.74, 6) is 0. The quantitative estimate of drug-likeness (QED) is 0.174. The largest absolute Gasteiger partial charge is 0.310 e. The van der Waals surface area contributed by atoms with E-state index >= 15 is 0 Å². The molecule has 0 aliphatic heterocycles. The van der Waals surface area contributed by atoms with Crippen LogP contribution in [0, 0.1) is 0 Å². The number of fused-ring (bicyclic) bond motifs is 1. The number of hydrogen-bond acceptors (Lipinski definition) is 1. The molecule has 8 aromatic carbocycles. The molecule has 0 aliphatic carbocycles. The van der Waals surface area contributed by atoms with Gasteiger partial charge in [-0.1, -0.05) is 152 Å². The van der Waals surface area contributed by atoms with E-state index in [-0.39, 0.29) is 58.8 Å². The highest BCUT2D eigenvalue weighted by Gasteiger charge is 2.15. The molecule has 0 saturated carbocycles. The van der Waals surface area contributed by atoms with Gasteiger partial charge in [0.1, 0.15) is 0 Å². The molecule has 0 spiro atoms. The molecule has 0 N–H and O–H groups in total. The predicted molar refractivity (Wildman–Crippen MR) is 200 cm³/mol. The fourth-order valence-electron chi connectivity index (χ4n) is 5.78. The van der Waals surface area contributed by atoms with Crippen molar-refractivity contribution in [3.8, 4) is 44.5 Å². The minimum Gasteiger partial charge on any atom is -0.310 e. The maximum Gasteiger partial charge on any atom is 0.0651 e. The molecule has 0 amide bonds. The van der Waals surface area contributed by atoms with Crippen molar-refractivity contribution in [1.29, 1.82) is 0 Å². The lowest BCUT2D eigenvalue weighted by atomic mass is 9.98. The van der Waals surface area contributed by atoms with Gasteiger partial charge in [-0.15, -0.1) is 0 Å². The highest BCUT2D eigenvalue weighted by atomic mass is 15.1. The summed E-state index contributed by atoms with van der Waals surface area (Å²) < 4.78 is 73.7. The van der Waals surface area contributed by atoms with E-state index in [0.29, 0.717) is 16.8 Å². The summed E-state index contributed by atoms with van der Waals surface area (Å²) in [4.78, 5) is 1.38. The molecule has 0 aliphatic rings. The Bertz CT molecular complexity index is 2700. The maximum atomic E-state index is 9.63. The van der Waals surface area contributed by atoms with Gasteiger partial charge in [0.15, 0.2) is 0 Å². The molecule has 1 heteroatoms. The summed E-state index contributed by atoms with van der Waals surface area (Å²) in [6.07, 6.45) is 0. The van der Waals surface area contributed by atoms with Crippen molar-refractivity contribution in [3.63, 3.8) is 0 Å². The third kappa shape index (κ3) is 5.95. The molecule has 47 heavy (non-hydrogen) atoms. The second-order valence-electron chi connectivity index (χ2n) is 11.2. The number of rotatable bonds is 7. The van der Waals surface area contributed by atoms with Gasteiger partial charge in [-0.2, -0.15) is 0 Å². The number of anilines is 3. The molecule has 8 rings (SSSR count). The van der Waals surface area contributed by atoms with E-state index < -0.39 is 12.1 Å². The first-order chi connectivity index (χ1) is 26.6. The van der Waals surface area contributed by atoms with Crippen LogP contribution in [0.5, 0.6) is 0 Å². The summed E-state index contributed by atoms with van der Waals surface area (Å²) in [7, 11) is 0. The van der Waals surface area contributed by atoms with Gasteiger partial charge >= 0.3 is 0 Å². The van der Waals surface area contributed by atoms with Crippen LogP contribution >= 0.6 is 0 Å². The Balaban J connectivity index is 1.36. The van der Waals surface area contributed by atoms with Crippen molar-refractivity contribution < 1.29 is 11.0 Å². The number of hydrogen-bond donors (Lipinski definition) is 0. The second kappa shape index (κ2) is 12.7. The minimum atomic E-state index is -0.442. The molecule has 1 nitrogen and oxygen atoms in total. The lowest BCUT2D eigenvalue weighted by molar-refractivity contribution is 1.28. The molecule has 0 atom stereocenters. The summed E-state index contributed by atoms with van der Waals surface area (Å²) >= 11 is 0. The summed E-state index contributed by atoms with van der Waals surface area (Å²) in [6.45, 7) is 0. The fourth-order valence-corrected chi connectivity index (χ4v) is 5.78. The van der Waals surface area contributed by atoms with E-state index in [2.05, 4.69) is 6.07 Å². The molecular weight excluding hydrogens is 567 g/mol. The fraction of sp³-hybridized carbons (Fsp3) is 0. The van der Waals surface area contributed by atoms with Crippen molar-refractivity contribution in [2.24, 2.45) is 0 Å². The Morgan fingerprint density at radius 3 is 1.57 bits per heavy atom. The lowest BCUT2D eigenvalue weighted by Gasteiger charge is -2.26. The third-order valence-corrected chi connectivity index (χ3v) is 8.20. The first kappa shape index (κ1) is 20.8. The normalized spacial score (nSPS) is 13.4. The zero-order valence-corrected chi connectivity index (χ0v) is 25.4. The molecule has 0 radical (unpaired) electrons. The van der Waals surface area contributed by atoms with Crippen LogP contribution in [0.3, 0.4) is 0 Å². The van der Waals surface area contributed by atoms with E-state index in [9.17, 15) is 5.48 Å². The molecule has 0 heterocycles. The van der Waals surface area contributed by atoms with E-state index in [0.717, 1.165) is 33.0 Å². The van der Waals surface area contributed by atoms with Gasteiger partial charge in [0.2, 0.25) is 0 Å². The van der Waals surface area contributed by atoms with Gasteiger partial charge in [0.05, 0.1) is 11.0 Å². The van der Waals surface area contributed by atoms with Crippen molar-refractivity contribution in [2.45, 2.75) is 0 Å². The van der Waals surface area contributed by atoms with Crippen LogP contribution in [0.1, 0.15) is 11.0 Å². The molecule has 0 saturated heterocycles. The molecule has 0 unspecified atom stereocenters. The van der Waals surface area contributed by atoms with Crippen LogP contribution < -0.4 is 4.90 Å². The Labute approximate surface area is 287 Å². The van der Waals surface area contributed by atoms with Crippen molar-refractivity contribution in [2.75, 3.05) is 4.90 Å². The molecule has 8 aromatic rings. The molecule has 222 valence electrons. The third-order valence-electron chi connectivity index (χ3n) is 8.20. The van der Waals surface area contributed by atoms with Crippen LogP contribution in [-0.2, 0) is 0 Å². The molecular formula is C46H33N. The van der Waals surface area contributed by atoms with Crippen LogP contribution in [0.2, 0.25) is 0 Å². The predicted octanol–water partition coefficient (Wildman–Crippen LogP) is 13.0. The molecule has 0 aromatic heterocycles. The number of nitrogens with zero attached hydrogens (tertiary/aromatic N) is 1. The summed E-state index contributed by atoms with van der Waals surface area (Å²) in [5.41, 5.74) is 5.29. The van der Waals surface area contributed by atoms with Gasteiger partial charge in [-0.25, -0.2) is 0 Å². The first-order valence-corrected chi connectivity index (χ1v) is 15.5. The Kier molecular flexibility index (Phi) is 5.60. The van der Waals surface area contributed by atoms with Gasteiger partial charge in [0, 0.05) is 17.1 Å². The Hall–Kier alpha value is -6.18. The first-order valence-electron chi connectivity index (χ1n) is 19.5. The lowest BCUT2D eigenvalue weighted by Crippen LogP contribution is -2.10. The van der Waals surface area contributed by atoms with Crippen molar-refractivity contribution in [3.05, 3.63) is 200 Å². The van der Waals surface area contributed by atoms with Crippen molar-refractivity contribution >= 4 is 27.8 Å². The maximum absolute atomic E-state index is 9.63. The SMILES string of the molecule is [2H]c1c([2H])c(-c2ccc3ccccc3c2)c([2H])c(N(c2ccc(-c3cccc(-c4ccccc4)c3)cc2)c2c([2H])c([2H])c(-c3ccccc3)c([2H])c2[2H])c1[2H].